The highest BCUT2D eigenvalue weighted by molar-refractivity contribution is 5.94. The summed E-state index contributed by atoms with van der Waals surface area (Å²) in [4.78, 5) is 11.9. The van der Waals surface area contributed by atoms with Gasteiger partial charge in [-0.3, -0.25) is 9.20 Å². The van der Waals surface area contributed by atoms with Gasteiger partial charge in [0.05, 0.1) is 12.7 Å². The van der Waals surface area contributed by atoms with Crippen LogP contribution in [0.15, 0.2) is 29.0 Å². The summed E-state index contributed by atoms with van der Waals surface area (Å²) in [6, 6.07) is 2.17. The maximum Gasteiger partial charge on any atom is 0.420 e. The molecule has 0 aliphatic carbocycles. The highest BCUT2D eigenvalue weighted by Crippen LogP contribution is 2.31. The van der Waals surface area contributed by atoms with E-state index < -0.39 is 17.6 Å². The topological polar surface area (TPSA) is 85.3 Å². The van der Waals surface area contributed by atoms with E-state index in [1.165, 1.54) is 22.9 Å². The number of hydrogen-bond acceptors (Lipinski definition) is 5. The number of pyridine rings is 1. The summed E-state index contributed by atoms with van der Waals surface area (Å²) in [6.45, 7) is 1.48. The Morgan fingerprint density at radius 2 is 2.17 bits per heavy atom. The van der Waals surface area contributed by atoms with Crippen LogP contribution in [0.4, 0.5) is 13.2 Å². The highest BCUT2D eigenvalue weighted by atomic mass is 19.4. The standard InChI is InChI=1S/C13H10F3N5O2/c1-7-8(5-18-23-7)12(22)17-6-10-19-20-11-9(13(14,15)16)3-2-4-21(10)11/h2-5H,6H2,1H3,(H,17,22). The predicted molar refractivity (Wildman–Crippen MR) is 70.4 cm³/mol. The Morgan fingerprint density at radius 3 is 2.83 bits per heavy atom. The molecule has 23 heavy (non-hydrogen) atoms. The molecule has 0 bridgehead atoms. The third kappa shape index (κ3) is 2.74. The molecule has 0 unspecified atom stereocenters. The van der Waals surface area contributed by atoms with Crippen LogP contribution in [0.1, 0.15) is 27.5 Å². The maximum absolute atomic E-state index is 12.9. The molecular formula is C13H10F3N5O2. The van der Waals surface area contributed by atoms with Gasteiger partial charge < -0.3 is 9.84 Å². The third-order valence-electron chi connectivity index (χ3n) is 3.21. The number of carbonyl (C=O) groups is 1. The molecule has 0 radical (unpaired) electrons. The quantitative estimate of drug-likeness (QED) is 0.796. The molecule has 3 aromatic heterocycles. The number of hydrogen-bond donors (Lipinski definition) is 1. The Morgan fingerprint density at radius 1 is 1.39 bits per heavy atom. The van der Waals surface area contributed by atoms with Crippen molar-refractivity contribution in [2.24, 2.45) is 0 Å². The van der Waals surface area contributed by atoms with Crippen LogP contribution in [-0.2, 0) is 12.7 Å². The average molecular weight is 325 g/mol. The van der Waals surface area contributed by atoms with Crippen LogP contribution in [0.2, 0.25) is 0 Å². The number of fused-ring (bicyclic) bond motifs is 1. The van der Waals surface area contributed by atoms with Crippen molar-refractivity contribution >= 4 is 11.6 Å². The molecule has 3 aromatic rings. The monoisotopic (exact) mass is 325 g/mol. The first kappa shape index (κ1) is 15.0. The van der Waals surface area contributed by atoms with Gasteiger partial charge in [0.2, 0.25) is 0 Å². The van der Waals surface area contributed by atoms with Crippen molar-refractivity contribution in [1.29, 1.82) is 0 Å². The van der Waals surface area contributed by atoms with Crippen LogP contribution in [0.3, 0.4) is 0 Å². The number of aromatic nitrogens is 4. The van der Waals surface area contributed by atoms with Gasteiger partial charge in [-0.1, -0.05) is 5.16 Å². The molecule has 120 valence electrons. The van der Waals surface area contributed by atoms with Crippen molar-refractivity contribution in [2.45, 2.75) is 19.6 Å². The fourth-order valence-corrected chi connectivity index (χ4v) is 2.08. The number of aryl methyl sites for hydroxylation is 1. The van der Waals surface area contributed by atoms with Gasteiger partial charge in [0.15, 0.2) is 11.5 Å². The second-order valence-electron chi connectivity index (χ2n) is 4.71. The molecule has 0 atom stereocenters. The lowest BCUT2D eigenvalue weighted by molar-refractivity contribution is -0.136. The Bertz CT molecular complexity index is 868. The van der Waals surface area contributed by atoms with E-state index in [0.717, 1.165) is 6.07 Å². The first-order chi connectivity index (χ1) is 10.9. The van der Waals surface area contributed by atoms with Crippen molar-refractivity contribution < 1.29 is 22.5 Å². The molecule has 0 aromatic carbocycles. The summed E-state index contributed by atoms with van der Waals surface area (Å²) < 4.78 is 44.7. The molecule has 10 heteroatoms. The van der Waals surface area contributed by atoms with Gasteiger partial charge >= 0.3 is 6.18 Å². The van der Waals surface area contributed by atoms with E-state index >= 15 is 0 Å². The van der Waals surface area contributed by atoms with Gasteiger partial charge in [-0.05, 0) is 19.1 Å². The molecule has 0 saturated carbocycles. The number of nitrogens with one attached hydrogen (secondary N) is 1. The largest absolute Gasteiger partial charge is 0.420 e. The minimum atomic E-state index is -4.53. The van der Waals surface area contributed by atoms with E-state index in [0.29, 0.717) is 5.76 Å². The molecule has 0 aliphatic heterocycles. The molecule has 0 spiro atoms. The van der Waals surface area contributed by atoms with E-state index in [9.17, 15) is 18.0 Å². The summed E-state index contributed by atoms with van der Waals surface area (Å²) in [5.41, 5.74) is -0.958. The van der Waals surface area contributed by atoms with Crippen LogP contribution in [0, 0.1) is 6.92 Å². The lowest BCUT2D eigenvalue weighted by atomic mass is 10.2. The van der Waals surface area contributed by atoms with Crippen LogP contribution in [0.25, 0.3) is 5.65 Å². The third-order valence-corrected chi connectivity index (χ3v) is 3.21. The van der Waals surface area contributed by atoms with Gasteiger partial charge in [0, 0.05) is 6.20 Å². The summed E-state index contributed by atoms with van der Waals surface area (Å²) in [6.07, 6.45) is -1.87. The molecular weight excluding hydrogens is 315 g/mol. The zero-order chi connectivity index (χ0) is 16.6. The Labute approximate surface area is 127 Å². The second-order valence-corrected chi connectivity index (χ2v) is 4.71. The average Bonchev–Trinajstić information content (AvgIpc) is 3.09. The van der Waals surface area contributed by atoms with Crippen LogP contribution in [-0.4, -0.2) is 25.7 Å². The number of halogens is 3. The molecule has 0 saturated heterocycles. The summed E-state index contributed by atoms with van der Waals surface area (Å²) in [7, 11) is 0. The number of rotatable bonds is 3. The first-order valence-corrected chi connectivity index (χ1v) is 6.47. The van der Waals surface area contributed by atoms with Crippen molar-refractivity contribution in [3.63, 3.8) is 0 Å². The lowest BCUT2D eigenvalue weighted by Crippen LogP contribution is -2.24. The van der Waals surface area contributed by atoms with Crippen molar-refractivity contribution in [1.82, 2.24) is 25.1 Å². The molecule has 3 heterocycles. The fraction of sp³-hybridized carbons (Fsp3) is 0.231. The number of carbonyl (C=O) groups excluding carboxylic acids is 1. The predicted octanol–water partition coefficient (Wildman–Crippen LogP) is 1.97. The summed E-state index contributed by atoms with van der Waals surface area (Å²) >= 11 is 0. The first-order valence-electron chi connectivity index (χ1n) is 6.47. The number of nitrogens with zero attached hydrogens (tertiary/aromatic N) is 4. The summed E-state index contributed by atoms with van der Waals surface area (Å²) in [5, 5.41) is 13.3. The van der Waals surface area contributed by atoms with Gasteiger partial charge in [-0.25, -0.2) is 0 Å². The van der Waals surface area contributed by atoms with Gasteiger partial charge in [0.25, 0.3) is 5.91 Å². The maximum atomic E-state index is 12.9. The van der Waals surface area contributed by atoms with Gasteiger partial charge in [0.1, 0.15) is 16.9 Å². The van der Waals surface area contributed by atoms with E-state index in [4.69, 9.17) is 4.52 Å². The smallest absolute Gasteiger partial charge is 0.361 e. The summed E-state index contributed by atoms with van der Waals surface area (Å²) in [5.74, 6) is 0.0500. The molecule has 7 nitrogen and oxygen atoms in total. The normalized spacial score (nSPS) is 11.8. The fourth-order valence-electron chi connectivity index (χ4n) is 2.08. The van der Waals surface area contributed by atoms with Crippen LogP contribution < -0.4 is 5.32 Å². The van der Waals surface area contributed by atoms with Crippen molar-refractivity contribution in [2.75, 3.05) is 0 Å². The Balaban J connectivity index is 1.85. The van der Waals surface area contributed by atoms with Crippen LogP contribution in [0.5, 0.6) is 0 Å². The lowest BCUT2D eigenvalue weighted by Gasteiger charge is -2.08. The van der Waals surface area contributed by atoms with Crippen LogP contribution >= 0.6 is 0 Å². The van der Waals surface area contributed by atoms with E-state index in [-0.39, 0.29) is 23.6 Å². The molecule has 1 amide bonds. The molecule has 1 N–H and O–H groups in total. The molecule has 0 aliphatic rings. The van der Waals surface area contributed by atoms with E-state index in [1.807, 2.05) is 0 Å². The zero-order valence-corrected chi connectivity index (χ0v) is 11.8. The molecule has 3 rings (SSSR count). The zero-order valence-electron chi connectivity index (χ0n) is 11.8. The van der Waals surface area contributed by atoms with Gasteiger partial charge in [-0.2, -0.15) is 13.2 Å². The van der Waals surface area contributed by atoms with E-state index in [2.05, 4.69) is 20.7 Å². The Kier molecular flexibility index (Phi) is 3.51. The minimum absolute atomic E-state index is 0.0913. The Hall–Kier alpha value is -2.91. The highest BCUT2D eigenvalue weighted by Gasteiger charge is 2.34. The number of alkyl halides is 3. The van der Waals surface area contributed by atoms with Crippen molar-refractivity contribution in [3.8, 4) is 0 Å². The number of amides is 1. The SMILES string of the molecule is Cc1oncc1C(=O)NCc1nnc2c(C(F)(F)F)cccn12. The minimum Gasteiger partial charge on any atom is -0.361 e. The molecule has 0 fully saturated rings. The van der Waals surface area contributed by atoms with Crippen molar-refractivity contribution in [3.05, 3.63) is 47.2 Å². The van der Waals surface area contributed by atoms with E-state index in [1.54, 1.807) is 6.92 Å². The van der Waals surface area contributed by atoms with Gasteiger partial charge in [-0.15, -0.1) is 10.2 Å². The second kappa shape index (κ2) is 5.38.